The zero-order valence-corrected chi connectivity index (χ0v) is 12.1. The fourth-order valence-corrected chi connectivity index (χ4v) is 0.998. The Morgan fingerprint density at radius 3 is 0.944 bits per heavy atom. The fraction of sp³-hybridized carbons (Fsp3) is 0.375. The van der Waals surface area contributed by atoms with Crippen LogP contribution in [0.3, 0.4) is 0 Å². The van der Waals surface area contributed by atoms with Crippen molar-refractivity contribution in [1.82, 2.24) is 0 Å². The number of carbonyl (C=O) groups is 2. The standard InChI is InChI=1S/C16H22O2/c1-11(7-9-13(3)15(5)17)12(2)8-10-14(4)16(6)18/h7-10H,1-6H3. The molecule has 0 N–H and O–H groups in total. The highest BCUT2D eigenvalue weighted by Gasteiger charge is 1.96. The minimum atomic E-state index is 0.0769. The lowest BCUT2D eigenvalue weighted by atomic mass is 10.1. The molecule has 0 fully saturated rings. The Morgan fingerprint density at radius 1 is 0.500 bits per heavy atom. The van der Waals surface area contributed by atoms with Crippen molar-refractivity contribution in [3.05, 3.63) is 46.6 Å². The van der Waals surface area contributed by atoms with Gasteiger partial charge in [0.05, 0.1) is 0 Å². The van der Waals surface area contributed by atoms with Crippen molar-refractivity contribution in [3.63, 3.8) is 0 Å². The van der Waals surface area contributed by atoms with Crippen molar-refractivity contribution in [3.8, 4) is 0 Å². The van der Waals surface area contributed by atoms with E-state index in [1.165, 1.54) is 0 Å². The molecule has 2 nitrogen and oxygen atoms in total. The second-order valence-corrected chi connectivity index (χ2v) is 4.51. The molecule has 0 aromatic carbocycles. The molecule has 0 amide bonds. The van der Waals surface area contributed by atoms with Gasteiger partial charge in [-0.15, -0.1) is 0 Å². The van der Waals surface area contributed by atoms with E-state index in [9.17, 15) is 9.59 Å². The van der Waals surface area contributed by atoms with Crippen LogP contribution in [0, 0.1) is 0 Å². The predicted octanol–water partition coefficient (Wildman–Crippen LogP) is 3.95. The molecule has 0 unspecified atom stereocenters. The van der Waals surface area contributed by atoms with E-state index >= 15 is 0 Å². The molecule has 0 aliphatic heterocycles. The van der Waals surface area contributed by atoms with Gasteiger partial charge in [-0.05, 0) is 63.8 Å². The largest absolute Gasteiger partial charge is 0.295 e. The van der Waals surface area contributed by atoms with Gasteiger partial charge in [0.15, 0.2) is 11.6 Å². The SMILES string of the molecule is CC(=O)C(C)=CC=C(C)C(C)=CC=C(C)C(C)=O. The average molecular weight is 246 g/mol. The van der Waals surface area contributed by atoms with Crippen molar-refractivity contribution in [2.24, 2.45) is 0 Å². The van der Waals surface area contributed by atoms with Gasteiger partial charge in [0, 0.05) is 0 Å². The van der Waals surface area contributed by atoms with E-state index in [-0.39, 0.29) is 11.6 Å². The second-order valence-electron chi connectivity index (χ2n) is 4.51. The minimum absolute atomic E-state index is 0.0769. The summed E-state index contributed by atoms with van der Waals surface area (Å²) in [5.74, 6) is 0.154. The molecular formula is C16H22O2. The van der Waals surface area contributed by atoms with Crippen LogP contribution in [0.15, 0.2) is 46.6 Å². The highest BCUT2D eigenvalue weighted by Crippen LogP contribution is 2.10. The van der Waals surface area contributed by atoms with Gasteiger partial charge in [0.25, 0.3) is 0 Å². The molecular weight excluding hydrogens is 224 g/mol. The first-order chi connectivity index (χ1) is 8.25. The summed E-state index contributed by atoms with van der Waals surface area (Å²) >= 11 is 0. The van der Waals surface area contributed by atoms with Crippen LogP contribution >= 0.6 is 0 Å². The Bertz CT molecular complexity index is 413. The van der Waals surface area contributed by atoms with Gasteiger partial charge >= 0.3 is 0 Å². The number of carbonyl (C=O) groups excluding carboxylic acids is 2. The van der Waals surface area contributed by atoms with E-state index in [2.05, 4.69) is 0 Å². The third-order valence-corrected chi connectivity index (χ3v) is 2.90. The monoisotopic (exact) mass is 246 g/mol. The molecule has 98 valence electrons. The Morgan fingerprint density at radius 2 is 0.722 bits per heavy atom. The van der Waals surface area contributed by atoms with E-state index in [1.807, 2.05) is 38.2 Å². The molecule has 0 rings (SSSR count). The van der Waals surface area contributed by atoms with Crippen LogP contribution < -0.4 is 0 Å². The van der Waals surface area contributed by atoms with Crippen LogP contribution in [0.5, 0.6) is 0 Å². The summed E-state index contributed by atoms with van der Waals surface area (Å²) in [4.78, 5) is 22.1. The lowest BCUT2D eigenvalue weighted by Crippen LogP contribution is -1.91. The molecule has 0 aliphatic rings. The van der Waals surface area contributed by atoms with Crippen molar-refractivity contribution < 1.29 is 9.59 Å². The highest BCUT2D eigenvalue weighted by atomic mass is 16.1. The van der Waals surface area contributed by atoms with E-state index in [4.69, 9.17) is 0 Å². The Hall–Kier alpha value is -1.70. The van der Waals surface area contributed by atoms with Crippen molar-refractivity contribution >= 4 is 11.6 Å². The molecule has 0 saturated carbocycles. The number of hydrogen-bond donors (Lipinski definition) is 0. The van der Waals surface area contributed by atoms with E-state index < -0.39 is 0 Å². The Labute approximate surface area is 110 Å². The van der Waals surface area contributed by atoms with E-state index in [0.717, 1.165) is 22.3 Å². The van der Waals surface area contributed by atoms with E-state index in [0.29, 0.717) is 0 Å². The van der Waals surface area contributed by atoms with Crippen LogP contribution in [0.2, 0.25) is 0 Å². The van der Waals surface area contributed by atoms with Crippen molar-refractivity contribution in [2.45, 2.75) is 41.5 Å². The zero-order valence-electron chi connectivity index (χ0n) is 12.1. The summed E-state index contributed by atoms with van der Waals surface area (Å²) in [6, 6.07) is 0. The van der Waals surface area contributed by atoms with Gasteiger partial charge in [-0.3, -0.25) is 9.59 Å². The smallest absolute Gasteiger partial charge is 0.155 e. The van der Waals surface area contributed by atoms with Crippen LogP contribution in [-0.2, 0) is 9.59 Å². The van der Waals surface area contributed by atoms with Gasteiger partial charge < -0.3 is 0 Å². The molecule has 0 saturated heterocycles. The zero-order chi connectivity index (χ0) is 14.3. The predicted molar refractivity (Wildman–Crippen MR) is 76.4 cm³/mol. The fourth-order valence-electron chi connectivity index (χ4n) is 0.998. The topological polar surface area (TPSA) is 34.1 Å². The van der Waals surface area contributed by atoms with E-state index in [1.54, 1.807) is 27.7 Å². The molecule has 0 spiro atoms. The van der Waals surface area contributed by atoms with Gasteiger partial charge in [-0.1, -0.05) is 24.3 Å². The average Bonchev–Trinajstić information content (AvgIpc) is 2.31. The number of hydrogen-bond acceptors (Lipinski definition) is 2. The number of rotatable bonds is 5. The van der Waals surface area contributed by atoms with Gasteiger partial charge in [-0.25, -0.2) is 0 Å². The third-order valence-electron chi connectivity index (χ3n) is 2.90. The summed E-state index contributed by atoms with van der Waals surface area (Å²) in [5.41, 5.74) is 3.61. The first-order valence-electron chi connectivity index (χ1n) is 5.98. The first-order valence-corrected chi connectivity index (χ1v) is 5.98. The van der Waals surface area contributed by atoms with Gasteiger partial charge in [0.2, 0.25) is 0 Å². The van der Waals surface area contributed by atoms with Crippen molar-refractivity contribution in [1.29, 1.82) is 0 Å². The number of allylic oxidation sites excluding steroid dienone is 8. The van der Waals surface area contributed by atoms with Crippen LogP contribution in [-0.4, -0.2) is 11.6 Å². The molecule has 2 heteroatoms. The number of ketones is 2. The van der Waals surface area contributed by atoms with Crippen molar-refractivity contribution in [2.75, 3.05) is 0 Å². The molecule has 0 atom stereocenters. The Balaban J connectivity index is 4.96. The molecule has 0 aliphatic carbocycles. The summed E-state index contributed by atoms with van der Waals surface area (Å²) < 4.78 is 0. The molecule has 0 aromatic rings. The molecule has 0 aromatic heterocycles. The maximum absolute atomic E-state index is 11.1. The molecule has 0 bridgehead atoms. The molecule has 0 radical (unpaired) electrons. The molecule has 0 heterocycles. The normalized spacial score (nSPS) is 14.8. The minimum Gasteiger partial charge on any atom is -0.295 e. The lowest BCUT2D eigenvalue weighted by molar-refractivity contribution is -0.114. The summed E-state index contributed by atoms with van der Waals surface area (Å²) in [7, 11) is 0. The van der Waals surface area contributed by atoms with Crippen LogP contribution in [0.25, 0.3) is 0 Å². The summed E-state index contributed by atoms with van der Waals surface area (Å²) in [6.45, 7) is 10.7. The van der Waals surface area contributed by atoms with Gasteiger partial charge in [0.1, 0.15) is 0 Å². The molecule has 18 heavy (non-hydrogen) atoms. The second kappa shape index (κ2) is 7.59. The van der Waals surface area contributed by atoms with Crippen LogP contribution in [0.4, 0.5) is 0 Å². The highest BCUT2D eigenvalue weighted by molar-refractivity contribution is 5.93. The van der Waals surface area contributed by atoms with Gasteiger partial charge in [-0.2, -0.15) is 0 Å². The quantitative estimate of drug-likeness (QED) is 0.543. The summed E-state index contributed by atoms with van der Waals surface area (Å²) in [6.07, 6.45) is 7.46. The number of Topliss-reactive ketones (excluding diaryl/α,β-unsaturated/α-hetero) is 2. The first kappa shape index (κ1) is 16.3. The Kier molecular flexibility index (Phi) is 6.88. The third kappa shape index (κ3) is 6.14. The lowest BCUT2D eigenvalue weighted by Gasteiger charge is -1.99. The summed E-state index contributed by atoms with van der Waals surface area (Å²) in [5, 5.41) is 0. The maximum Gasteiger partial charge on any atom is 0.155 e. The maximum atomic E-state index is 11.1. The van der Waals surface area contributed by atoms with Crippen LogP contribution in [0.1, 0.15) is 41.5 Å².